The Morgan fingerprint density at radius 3 is 2.96 bits per heavy atom. The summed E-state index contributed by atoms with van der Waals surface area (Å²) in [5, 5.41) is 17.3. The van der Waals surface area contributed by atoms with Crippen molar-refractivity contribution in [2.45, 2.75) is 25.3 Å². The maximum Gasteiger partial charge on any atom is 0.312 e. The molecule has 23 heavy (non-hydrogen) atoms. The van der Waals surface area contributed by atoms with Crippen LogP contribution in [-0.4, -0.2) is 36.6 Å². The van der Waals surface area contributed by atoms with Crippen LogP contribution in [0.25, 0.3) is 0 Å². The highest BCUT2D eigenvalue weighted by Gasteiger charge is 2.17. The first-order chi connectivity index (χ1) is 10.6. The molecular weight excluding hydrogens is 345 g/mol. The monoisotopic (exact) mass is 363 g/mol. The number of ether oxygens (including phenoxy) is 1. The molecule has 1 amide bonds. The molecule has 1 aliphatic rings. The Labute approximate surface area is 145 Å². The van der Waals surface area contributed by atoms with E-state index in [1.807, 2.05) is 0 Å². The van der Waals surface area contributed by atoms with Crippen LogP contribution < -0.4 is 15.4 Å². The number of piperidine rings is 1. The molecule has 1 aromatic carbocycles. The summed E-state index contributed by atoms with van der Waals surface area (Å²) < 4.78 is 5.34. The van der Waals surface area contributed by atoms with Crippen LogP contribution in [0.5, 0.6) is 5.75 Å². The topological polar surface area (TPSA) is 93.5 Å². The van der Waals surface area contributed by atoms with Gasteiger partial charge in [-0.1, -0.05) is 11.6 Å². The van der Waals surface area contributed by atoms with E-state index in [1.54, 1.807) is 0 Å². The van der Waals surface area contributed by atoms with Crippen molar-refractivity contribution in [3.63, 3.8) is 0 Å². The lowest BCUT2D eigenvalue weighted by molar-refractivity contribution is -0.385. The van der Waals surface area contributed by atoms with Gasteiger partial charge in [0.2, 0.25) is 5.91 Å². The Hall–Kier alpha value is -1.57. The van der Waals surface area contributed by atoms with Crippen molar-refractivity contribution >= 4 is 35.6 Å². The largest absolute Gasteiger partial charge is 0.486 e. The molecule has 1 atom stereocenters. The predicted molar refractivity (Wildman–Crippen MR) is 89.5 cm³/mol. The molecule has 7 nitrogen and oxygen atoms in total. The lowest BCUT2D eigenvalue weighted by Gasteiger charge is -2.23. The van der Waals surface area contributed by atoms with Crippen LogP contribution in [0.15, 0.2) is 18.2 Å². The van der Waals surface area contributed by atoms with Gasteiger partial charge in [0.05, 0.1) is 18.0 Å². The van der Waals surface area contributed by atoms with Gasteiger partial charge in [-0.15, -0.1) is 12.4 Å². The standard InChI is InChI=1S/C14H18ClN3O4.ClH/c15-10-3-4-13(12(8-10)18(20)21)22-7-5-14(19)17-11-2-1-6-16-9-11;/h3-4,8,11,16H,1-2,5-7,9H2,(H,17,19);1H/t11-;/m0./s1. The molecule has 0 saturated carbocycles. The normalized spacial score (nSPS) is 17.0. The van der Waals surface area contributed by atoms with E-state index >= 15 is 0 Å². The summed E-state index contributed by atoms with van der Waals surface area (Å²) in [5.74, 6) is -0.00755. The average Bonchev–Trinajstić information content (AvgIpc) is 2.49. The Morgan fingerprint density at radius 2 is 2.30 bits per heavy atom. The molecule has 0 unspecified atom stereocenters. The zero-order valence-corrected chi connectivity index (χ0v) is 14.0. The average molecular weight is 364 g/mol. The molecule has 2 N–H and O–H groups in total. The van der Waals surface area contributed by atoms with Crippen LogP contribution in [0.3, 0.4) is 0 Å². The molecule has 0 radical (unpaired) electrons. The van der Waals surface area contributed by atoms with Crippen molar-refractivity contribution in [1.82, 2.24) is 10.6 Å². The number of hydrogen-bond donors (Lipinski definition) is 2. The van der Waals surface area contributed by atoms with E-state index < -0.39 is 4.92 Å². The van der Waals surface area contributed by atoms with Gasteiger partial charge in [-0.3, -0.25) is 14.9 Å². The van der Waals surface area contributed by atoms with Crippen molar-refractivity contribution in [3.8, 4) is 5.75 Å². The highest BCUT2D eigenvalue weighted by molar-refractivity contribution is 6.30. The van der Waals surface area contributed by atoms with Crippen LogP contribution in [0, 0.1) is 10.1 Å². The van der Waals surface area contributed by atoms with Gasteiger partial charge in [0.15, 0.2) is 5.75 Å². The molecule has 1 heterocycles. The number of halogens is 2. The Kier molecular flexibility index (Phi) is 8.08. The first-order valence-corrected chi connectivity index (χ1v) is 7.51. The number of carbonyl (C=O) groups excluding carboxylic acids is 1. The molecule has 1 aromatic rings. The molecule has 9 heteroatoms. The van der Waals surface area contributed by atoms with E-state index in [0.29, 0.717) is 0 Å². The van der Waals surface area contributed by atoms with Crippen LogP contribution >= 0.6 is 24.0 Å². The minimum atomic E-state index is -0.561. The number of carbonyl (C=O) groups is 1. The quantitative estimate of drug-likeness (QED) is 0.597. The molecule has 1 saturated heterocycles. The minimum Gasteiger partial charge on any atom is -0.486 e. The van der Waals surface area contributed by atoms with E-state index in [-0.39, 0.29) is 53.8 Å². The van der Waals surface area contributed by atoms with Gasteiger partial charge in [-0.05, 0) is 31.5 Å². The van der Waals surface area contributed by atoms with E-state index in [0.717, 1.165) is 25.9 Å². The predicted octanol–water partition coefficient (Wildman–Crippen LogP) is 2.31. The Bertz CT molecular complexity index is 551. The van der Waals surface area contributed by atoms with Gasteiger partial charge in [0.1, 0.15) is 0 Å². The molecule has 1 aliphatic heterocycles. The summed E-state index contributed by atoms with van der Waals surface area (Å²) in [7, 11) is 0. The SMILES string of the molecule is Cl.O=C(CCOc1ccc(Cl)cc1[N+](=O)[O-])N[C@H]1CCCNC1. The lowest BCUT2D eigenvalue weighted by Crippen LogP contribution is -2.45. The number of hydrogen-bond acceptors (Lipinski definition) is 5. The summed E-state index contributed by atoms with van der Waals surface area (Å²) in [4.78, 5) is 22.2. The third-order valence-corrected chi connectivity index (χ3v) is 3.60. The van der Waals surface area contributed by atoms with Gasteiger partial charge in [0.25, 0.3) is 0 Å². The molecule has 0 aromatic heterocycles. The molecule has 0 bridgehead atoms. The first-order valence-electron chi connectivity index (χ1n) is 7.13. The number of benzene rings is 1. The fourth-order valence-electron chi connectivity index (χ4n) is 2.28. The second-order valence-corrected chi connectivity index (χ2v) is 5.51. The van der Waals surface area contributed by atoms with Crippen molar-refractivity contribution in [2.75, 3.05) is 19.7 Å². The zero-order chi connectivity index (χ0) is 15.9. The van der Waals surface area contributed by atoms with Crippen LogP contribution in [0.1, 0.15) is 19.3 Å². The molecule has 1 fully saturated rings. The maximum absolute atomic E-state index is 11.8. The summed E-state index contributed by atoms with van der Waals surface area (Å²) in [6, 6.07) is 4.32. The highest BCUT2D eigenvalue weighted by Crippen LogP contribution is 2.29. The van der Waals surface area contributed by atoms with E-state index in [4.69, 9.17) is 16.3 Å². The van der Waals surface area contributed by atoms with E-state index in [2.05, 4.69) is 10.6 Å². The maximum atomic E-state index is 11.8. The number of nitro benzene ring substituents is 1. The van der Waals surface area contributed by atoms with Crippen molar-refractivity contribution < 1.29 is 14.5 Å². The number of nitrogens with one attached hydrogen (secondary N) is 2. The third-order valence-electron chi connectivity index (χ3n) is 3.37. The molecule has 2 rings (SSSR count). The van der Waals surface area contributed by atoms with Crippen LogP contribution in [-0.2, 0) is 4.79 Å². The first kappa shape index (κ1) is 19.5. The molecule has 128 valence electrons. The summed E-state index contributed by atoms with van der Waals surface area (Å²) in [6.07, 6.45) is 2.15. The number of nitrogens with zero attached hydrogens (tertiary/aromatic N) is 1. The molecule has 0 aliphatic carbocycles. The summed E-state index contributed by atoms with van der Waals surface area (Å²) >= 11 is 5.72. The smallest absolute Gasteiger partial charge is 0.312 e. The van der Waals surface area contributed by atoms with Crippen LogP contribution in [0.2, 0.25) is 5.02 Å². The fraction of sp³-hybridized carbons (Fsp3) is 0.500. The summed E-state index contributed by atoms with van der Waals surface area (Å²) in [5.41, 5.74) is -0.204. The zero-order valence-electron chi connectivity index (χ0n) is 12.4. The summed E-state index contributed by atoms with van der Waals surface area (Å²) in [6.45, 7) is 1.83. The third kappa shape index (κ3) is 6.21. The Morgan fingerprint density at radius 1 is 1.52 bits per heavy atom. The van der Waals surface area contributed by atoms with Gasteiger partial charge in [-0.2, -0.15) is 0 Å². The second-order valence-electron chi connectivity index (χ2n) is 5.08. The van der Waals surface area contributed by atoms with Gasteiger partial charge >= 0.3 is 5.69 Å². The lowest BCUT2D eigenvalue weighted by atomic mass is 10.1. The molecule has 0 spiro atoms. The van der Waals surface area contributed by atoms with Crippen LogP contribution in [0.4, 0.5) is 5.69 Å². The highest BCUT2D eigenvalue weighted by atomic mass is 35.5. The van der Waals surface area contributed by atoms with Gasteiger partial charge < -0.3 is 15.4 Å². The van der Waals surface area contributed by atoms with Crippen molar-refractivity contribution in [2.24, 2.45) is 0 Å². The van der Waals surface area contributed by atoms with Crippen molar-refractivity contribution in [1.29, 1.82) is 0 Å². The number of amides is 1. The Balaban J connectivity index is 0.00000264. The minimum absolute atomic E-state index is 0. The van der Waals surface area contributed by atoms with E-state index in [9.17, 15) is 14.9 Å². The van der Waals surface area contributed by atoms with E-state index in [1.165, 1.54) is 18.2 Å². The second kappa shape index (κ2) is 9.54. The van der Waals surface area contributed by atoms with Crippen molar-refractivity contribution in [3.05, 3.63) is 33.3 Å². The van der Waals surface area contributed by atoms with Gasteiger partial charge in [0, 0.05) is 23.7 Å². The number of nitro groups is 1. The van der Waals surface area contributed by atoms with Gasteiger partial charge in [-0.25, -0.2) is 0 Å². The fourth-order valence-corrected chi connectivity index (χ4v) is 2.45. The number of rotatable bonds is 6. The molecular formula is C14H19Cl2N3O4.